The average Bonchev–Trinajstić information content (AvgIpc) is 3.41. The molecule has 0 spiro atoms. The highest BCUT2D eigenvalue weighted by molar-refractivity contribution is 8.18. The maximum atomic E-state index is 13.5. The van der Waals surface area contributed by atoms with Gasteiger partial charge in [0, 0.05) is 22.7 Å². The van der Waals surface area contributed by atoms with E-state index in [0.717, 1.165) is 36.4 Å². The molecular weight excluding hydrogens is 475 g/mol. The minimum absolute atomic E-state index is 0.0557. The molecule has 1 aliphatic heterocycles. The summed E-state index contributed by atoms with van der Waals surface area (Å²) in [6.07, 6.45) is 13.6. The summed E-state index contributed by atoms with van der Waals surface area (Å²) in [5.74, 6) is 1.31. The van der Waals surface area contributed by atoms with Crippen molar-refractivity contribution < 1.29 is 9.21 Å². The maximum absolute atomic E-state index is 13.5. The normalized spacial score (nSPS) is 23.2. The summed E-state index contributed by atoms with van der Waals surface area (Å²) >= 11 is 14.0. The van der Waals surface area contributed by atoms with E-state index < -0.39 is 0 Å². The third kappa shape index (κ3) is 5.21. The molecule has 33 heavy (non-hydrogen) atoms. The summed E-state index contributed by atoms with van der Waals surface area (Å²) in [5, 5.41) is 2.05. The van der Waals surface area contributed by atoms with E-state index in [9.17, 15) is 4.79 Å². The van der Waals surface area contributed by atoms with Crippen molar-refractivity contribution in [2.45, 2.75) is 76.3 Å². The lowest BCUT2D eigenvalue weighted by Gasteiger charge is -2.31. The summed E-state index contributed by atoms with van der Waals surface area (Å²) in [4.78, 5) is 21.3. The van der Waals surface area contributed by atoms with Gasteiger partial charge in [0.2, 0.25) is 0 Å². The van der Waals surface area contributed by atoms with E-state index in [1.165, 1.54) is 50.3 Å². The first-order valence-corrected chi connectivity index (χ1v) is 13.5. The first-order chi connectivity index (χ1) is 16.1. The van der Waals surface area contributed by atoms with E-state index in [4.69, 9.17) is 32.6 Å². The lowest BCUT2D eigenvalue weighted by molar-refractivity contribution is -0.124. The SMILES string of the molecule is O=C1C(=Cc2ccc(-c3cc(Cl)ccc3Cl)o2)SC(=NC2CCCCC2)N1C1CCCCC1. The molecule has 5 rings (SSSR count). The summed E-state index contributed by atoms with van der Waals surface area (Å²) in [5.41, 5.74) is 0.739. The highest BCUT2D eigenvalue weighted by Crippen LogP contribution is 2.39. The first kappa shape index (κ1) is 23.1. The lowest BCUT2D eigenvalue weighted by Crippen LogP contribution is -2.41. The standard InChI is InChI=1S/C26H28Cl2N2O2S/c27-17-11-13-22(28)21(15-17)23-14-12-20(32-23)16-24-25(31)30(19-9-5-2-6-10-19)26(33-24)29-18-7-3-1-4-8-18/h11-16,18-19H,1-10H2. The monoisotopic (exact) mass is 502 g/mol. The molecule has 3 aliphatic rings. The van der Waals surface area contributed by atoms with Crippen LogP contribution in [-0.4, -0.2) is 28.1 Å². The number of amides is 1. The van der Waals surface area contributed by atoms with Crippen LogP contribution in [0.15, 0.2) is 44.6 Å². The Hall–Kier alpha value is -1.69. The number of amidine groups is 1. The van der Waals surface area contributed by atoms with Crippen molar-refractivity contribution in [1.29, 1.82) is 0 Å². The van der Waals surface area contributed by atoms with Crippen LogP contribution in [0.2, 0.25) is 10.0 Å². The van der Waals surface area contributed by atoms with E-state index >= 15 is 0 Å². The molecule has 1 amide bonds. The quantitative estimate of drug-likeness (QED) is 0.395. The number of rotatable bonds is 4. The Bertz CT molecular complexity index is 1080. The zero-order chi connectivity index (χ0) is 22.8. The van der Waals surface area contributed by atoms with Crippen LogP contribution < -0.4 is 0 Å². The van der Waals surface area contributed by atoms with Gasteiger partial charge >= 0.3 is 0 Å². The summed E-state index contributed by atoms with van der Waals surface area (Å²) in [7, 11) is 0. The Kier molecular flexibility index (Phi) is 7.19. The molecule has 2 heterocycles. The van der Waals surface area contributed by atoms with E-state index in [-0.39, 0.29) is 11.9 Å². The maximum Gasteiger partial charge on any atom is 0.267 e. The minimum atomic E-state index is 0.0557. The molecule has 2 saturated carbocycles. The van der Waals surface area contributed by atoms with Crippen LogP contribution in [0.1, 0.15) is 70.0 Å². The molecule has 0 unspecified atom stereocenters. The number of nitrogens with zero attached hydrogens (tertiary/aromatic N) is 2. The topological polar surface area (TPSA) is 45.8 Å². The third-order valence-electron chi connectivity index (χ3n) is 6.74. The van der Waals surface area contributed by atoms with Gasteiger partial charge in [-0.25, -0.2) is 0 Å². The van der Waals surface area contributed by atoms with Crippen molar-refractivity contribution in [2.24, 2.45) is 4.99 Å². The fourth-order valence-electron chi connectivity index (χ4n) is 4.99. The molecule has 1 aromatic carbocycles. The average molecular weight is 503 g/mol. The summed E-state index contributed by atoms with van der Waals surface area (Å²) in [6.45, 7) is 0. The van der Waals surface area contributed by atoms with Crippen molar-refractivity contribution in [1.82, 2.24) is 4.90 Å². The molecule has 1 saturated heterocycles. The molecule has 0 atom stereocenters. The Morgan fingerprint density at radius 3 is 2.45 bits per heavy atom. The van der Waals surface area contributed by atoms with Crippen LogP contribution in [0.3, 0.4) is 0 Å². The Labute approximate surface area is 209 Å². The molecule has 2 aromatic rings. The van der Waals surface area contributed by atoms with E-state index in [1.807, 2.05) is 23.1 Å². The van der Waals surface area contributed by atoms with Crippen LogP contribution in [-0.2, 0) is 4.79 Å². The molecule has 174 valence electrons. The fourth-order valence-corrected chi connectivity index (χ4v) is 6.47. The van der Waals surface area contributed by atoms with Gasteiger partial charge in [0.1, 0.15) is 11.5 Å². The molecule has 3 fully saturated rings. The number of thioether (sulfide) groups is 1. The zero-order valence-corrected chi connectivity index (χ0v) is 20.9. The number of hydrogen-bond acceptors (Lipinski definition) is 4. The number of furan rings is 1. The smallest absolute Gasteiger partial charge is 0.267 e. The van der Waals surface area contributed by atoms with Gasteiger partial charge in [-0.3, -0.25) is 14.7 Å². The summed E-state index contributed by atoms with van der Waals surface area (Å²) in [6, 6.07) is 9.61. The van der Waals surface area contributed by atoms with Gasteiger partial charge < -0.3 is 4.42 Å². The van der Waals surface area contributed by atoms with Gasteiger partial charge in [-0.05, 0) is 67.8 Å². The van der Waals surface area contributed by atoms with Crippen LogP contribution in [0.4, 0.5) is 0 Å². The molecule has 1 aromatic heterocycles. The molecule has 0 N–H and O–H groups in total. The number of carbonyl (C=O) groups is 1. The minimum Gasteiger partial charge on any atom is -0.457 e. The highest BCUT2D eigenvalue weighted by Gasteiger charge is 2.39. The van der Waals surface area contributed by atoms with Crippen LogP contribution in [0.5, 0.6) is 0 Å². The predicted octanol–water partition coefficient (Wildman–Crippen LogP) is 8.19. The lowest BCUT2D eigenvalue weighted by atomic mass is 9.94. The number of carbonyl (C=O) groups excluding carboxylic acids is 1. The molecule has 0 radical (unpaired) electrons. The number of halogens is 2. The fraction of sp³-hybridized carbons (Fsp3) is 0.462. The Balaban J connectivity index is 1.43. The summed E-state index contributed by atoms with van der Waals surface area (Å²) < 4.78 is 6.04. The van der Waals surface area contributed by atoms with Crippen molar-refractivity contribution in [3.8, 4) is 11.3 Å². The second-order valence-electron chi connectivity index (χ2n) is 9.11. The first-order valence-electron chi connectivity index (χ1n) is 11.9. The molecular formula is C26H28Cl2N2O2S. The van der Waals surface area contributed by atoms with Gasteiger partial charge in [0.15, 0.2) is 5.17 Å². The van der Waals surface area contributed by atoms with Crippen molar-refractivity contribution in [2.75, 3.05) is 0 Å². The Morgan fingerprint density at radius 1 is 0.970 bits per heavy atom. The van der Waals surface area contributed by atoms with Gasteiger partial charge in [-0.1, -0.05) is 61.7 Å². The van der Waals surface area contributed by atoms with Crippen molar-refractivity contribution in [3.05, 3.63) is 51.0 Å². The molecule has 4 nitrogen and oxygen atoms in total. The number of hydrogen-bond donors (Lipinski definition) is 0. The van der Waals surface area contributed by atoms with Gasteiger partial charge in [0.05, 0.1) is 16.0 Å². The van der Waals surface area contributed by atoms with Crippen LogP contribution in [0, 0.1) is 0 Å². The van der Waals surface area contributed by atoms with Crippen LogP contribution >= 0.6 is 35.0 Å². The molecule has 0 bridgehead atoms. The Morgan fingerprint density at radius 2 is 1.70 bits per heavy atom. The zero-order valence-electron chi connectivity index (χ0n) is 18.6. The van der Waals surface area contributed by atoms with Gasteiger partial charge in [-0.15, -0.1) is 0 Å². The van der Waals surface area contributed by atoms with E-state index in [2.05, 4.69) is 0 Å². The molecule has 7 heteroatoms. The van der Waals surface area contributed by atoms with Crippen LogP contribution in [0.25, 0.3) is 17.4 Å². The molecule has 2 aliphatic carbocycles. The third-order valence-corrected chi connectivity index (χ3v) is 8.30. The number of benzene rings is 1. The van der Waals surface area contributed by atoms with Crippen molar-refractivity contribution in [3.63, 3.8) is 0 Å². The largest absolute Gasteiger partial charge is 0.457 e. The highest BCUT2D eigenvalue weighted by atomic mass is 35.5. The second kappa shape index (κ2) is 10.3. The second-order valence-corrected chi connectivity index (χ2v) is 11.0. The van der Waals surface area contributed by atoms with E-state index in [0.29, 0.717) is 32.5 Å². The van der Waals surface area contributed by atoms with Gasteiger partial charge in [-0.2, -0.15) is 0 Å². The van der Waals surface area contributed by atoms with E-state index in [1.54, 1.807) is 18.2 Å². The van der Waals surface area contributed by atoms with Gasteiger partial charge in [0.25, 0.3) is 5.91 Å². The predicted molar refractivity (Wildman–Crippen MR) is 138 cm³/mol. The number of aliphatic imine (C=N–C) groups is 1. The van der Waals surface area contributed by atoms with Crippen molar-refractivity contribution >= 4 is 52.1 Å².